The second-order valence-electron chi connectivity index (χ2n) is 6.79. The Labute approximate surface area is 143 Å². The third kappa shape index (κ3) is 3.06. The second-order valence-corrected chi connectivity index (χ2v) is 6.79. The zero-order chi connectivity index (χ0) is 17.3. The van der Waals surface area contributed by atoms with Gasteiger partial charge in [0.25, 0.3) is 0 Å². The van der Waals surface area contributed by atoms with Crippen LogP contribution in [0.5, 0.6) is 0 Å². The summed E-state index contributed by atoms with van der Waals surface area (Å²) in [5.41, 5.74) is 10.5. The predicted molar refractivity (Wildman–Crippen MR) is 96.8 cm³/mol. The highest BCUT2D eigenvalue weighted by atomic mass is 16.4. The molecule has 1 saturated heterocycles. The Kier molecular flexibility index (Phi) is 4.92. The van der Waals surface area contributed by atoms with Crippen LogP contribution in [0.1, 0.15) is 40.0 Å². The number of hydrogen-bond acceptors (Lipinski definition) is 3. The highest BCUT2D eigenvalue weighted by Crippen LogP contribution is 2.29. The first-order valence-corrected chi connectivity index (χ1v) is 8.81. The molecule has 130 valence electrons. The number of carboxylic acids is 1. The molecule has 1 aromatic heterocycles. The van der Waals surface area contributed by atoms with E-state index in [2.05, 4.69) is 16.4 Å². The number of fused-ring (bicyclic) bond motifs is 1. The number of hydrogen-bond donors (Lipinski definition) is 2. The SMILES string of the molecule is Cc1cc2c(CCN3CCCC3)c(C)n(CCN)c2cc1C(=O)O. The molecule has 1 aliphatic heterocycles. The number of benzene rings is 1. The zero-order valence-corrected chi connectivity index (χ0v) is 14.6. The van der Waals surface area contributed by atoms with E-state index in [1.54, 1.807) is 0 Å². The number of nitrogens with zero attached hydrogens (tertiary/aromatic N) is 2. The van der Waals surface area contributed by atoms with E-state index < -0.39 is 5.97 Å². The lowest BCUT2D eigenvalue weighted by Gasteiger charge is -2.14. The summed E-state index contributed by atoms with van der Waals surface area (Å²) in [6.07, 6.45) is 3.61. The first-order valence-electron chi connectivity index (χ1n) is 8.81. The maximum Gasteiger partial charge on any atom is 0.336 e. The molecule has 2 heterocycles. The van der Waals surface area contributed by atoms with Gasteiger partial charge >= 0.3 is 5.97 Å². The number of aryl methyl sites for hydroxylation is 1. The van der Waals surface area contributed by atoms with Gasteiger partial charge in [0.05, 0.1) is 5.56 Å². The van der Waals surface area contributed by atoms with E-state index in [-0.39, 0.29) is 0 Å². The fourth-order valence-electron chi connectivity index (χ4n) is 3.94. The largest absolute Gasteiger partial charge is 0.478 e. The number of carbonyl (C=O) groups is 1. The van der Waals surface area contributed by atoms with Crippen LogP contribution in [-0.2, 0) is 13.0 Å². The van der Waals surface area contributed by atoms with Crippen LogP contribution in [0, 0.1) is 13.8 Å². The van der Waals surface area contributed by atoms with Crippen molar-refractivity contribution in [3.63, 3.8) is 0 Å². The van der Waals surface area contributed by atoms with Gasteiger partial charge in [-0.15, -0.1) is 0 Å². The Morgan fingerprint density at radius 3 is 2.54 bits per heavy atom. The number of nitrogens with two attached hydrogens (primary N) is 1. The predicted octanol–water partition coefficient (Wildman–Crippen LogP) is 2.55. The Morgan fingerprint density at radius 2 is 1.92 bits per heavy atom. The number of likely N-dealkylation sites (tertiary alicyclic amines) is 1. The number of carboxylic acid groups (broad SMARTS) is 1. The zero-order valence-electron chi connectivity index (χ0n) is 14.6. The molecule has 2 aromatic rings. The van der Waals surface area contributed by atoms with Gasteiger partial charge in [-0.3, -0.25) is 0 Å². The fourth-order valence-corrected chi connectivity index (χ4v) is 3.94. The van der Waals surface area contributed by atoms with Gasteiger partial charge in [0, 0.05) is 36.2 Å². The minimum Gasteiger partial charge on any atom is -0.478 e. The molecule has 1 fully saturated rings. The maximum atomic E-state index is 11.5. The second kappa shape index (κ2) is 6.95. The molecule has 0 radical (unpaired) electrons. The highest BCUT2D eigenvalue weighted by Gasteiger charge is 2.19. The molecule has 0 aliphatic carbocycles. The van der Waals surface area contributed by atoms with Crippen molar-refractivity contribution in [3.05, 3.63) is 34.5 Å². The summed E-state index contributed by atoms with van der Waals surface area (Å²) < 4.78 is 2.18. The molecule has 0 spiro atoms. The molecule has 0 bridgehead atoms. The van der Waals surface area contributed by atoms with Gasteiger partial charge in [-0.25, -0.2) is 4.79 Å². The van der Waals surface area contributed by atoms with E-state index >= 15 is 0 Å². The highest BCUT2D eigenvalue weighted by molar-refractivity contribution is 5.97. The number of rotatable bonds is 6. The van der Waals surface area contributed by atoms with Crippen molar-refractivity contribution < 1.29 is 9.90 Å². The van der Waals surface area contributed by atoms with Gasteiger partial charge in [0.1, 0.15) is 0 Å². The van der Waals surface area contributed by atoms with E-state index in [1.165, 1.54) is 42.6 Å². The third-order valence-corrected chi connectivity index (χ3v) is 5.26. The molecule has 5 heteroatoms. The summed E-state index contributed by atoms with van der Waals surface area (Å²) in [5, 5.41) is 10.6. The molecular weight excluding hydrogens is 302 g/mol. The van der Waals surface area contributed by atoms with Crippen LogP contribution in [-0.4, -0.2) is 46.7 Å². The van der Waals surface area contributed by atoms with Crippen LogP contribution in [0.25, 0.3) is 10.9 Å². The van der Waals surface area contributed by atoms with Gasteiger partial charge in [-0.2, -0.15) is 0 Å². The lowest BCUT2D eigenvalue weighted by Crippen LogP contribution is -2.22. The van der Waals surface area contributed by atoms with Crippen molar-refractivity contribution in [2.45, 2.75) is 39.7 Å². The Morgan fingerprint density at radius 1 is 1.21 bits per heavy atom. The number of aromatic carboxylic acids is 1. The molecule has 0 unspecified atom stereocenters. The lowest BCUT2D eigenvalue weighted by atomic mass is 10.0. The van der Waals surface area contributed by atoms with Crippen molar-refractivity contribution in [2.24, 2.45) is 5.73 Å². The molecule has 3 rings (SSSR count). The average Bonchev–Trinajstić information content (AvgIpc) is 3.13. The average molecular weight is 329 g/mol. The lowest BCUT2D eigenvalue weighted by molar-refractivity contribution is 0.0696. The minimum atomic E-state index is -0.869. The Hall–Kier alpha value is -1.85. The van der Waals surface area contributed by atoms with E-state index in [0.717, 1.165) is 24.0 Å². The van der Waals surface area contributed by atoms with Gasteiger partial charge in [0.2, 0.25) is 0 Å². The molecule has 0 amide bonds. The molecule has 1 aromatic carbocycles. The molecule has 24 heavy (non-hydrogen) atoms. The van der Waals surface area contributed by atoms with Crippen LogP contribution < -0.4 is 5.73 Å². The van der Waals surface area contributed by atoms with Crippen LogP contribution in [0.2, 0.25) is 0 Å². The Bertz CT molecular complexity index is 758. The van der Waals surface area contributed by atoms with Crippen LogP contribution in [0.3, 0.4) is 0 Å². The standard InChI is InChI=1S/C19H27N3O2/c1-13-11-17-15(5-9-21-7-3-4-8-21)14(2)22(10-6-20)18(17)12-16(13)19(23)24/h11-12H,3-10,20H2,1-2H3,(H,23,24). The summed E-state index contributed by atoms with van der Waals surface area (Å²) >= 11 is 0. The summed E-state index contributed by atoms with van der Waals surface area (Å²) in [6.45, 7) is 8.74. The van der Waals surface area contributed by atoms with E-state index in [9.17, 15) is 9.90 Å². The van der Waals surface area contributed by atoms with Gasteiger partial charge in [0.15, 0.2) is 0 Å². The summed E-state index contributed by atoms with van der Waals surface area (Å²) in [7, 11) is 0. The van der Waals surface area contributed by atoms with Crippen molar-refractivity contribution in [3.8, 4) is 0 Å². The van der Waals surface area contributed by atoms with Gasteiger partial charge < -0.3 is 20.3 Å². The Balaban J connectivity index is 2.04. The molecule has 5 nitrogen and oxygen atoms in total. The van der Waals surface area contributed by atoms with Crippen molar-refractivity contribution >= 4 is 16.9 Å². The van der Waals surface area contributed by atoms with Crippen LogP contribution in [0.4, 0.5) is 0 Å². The van der Waals surface area contributed by atoms with Gasteiger partial charge in [-0.05, 0) is 69.5 Å². The number of aromatic nitrogens is 1. The van der Waals surface area contributed by atoms with Crippen molar-refractivity contribution in [1.82, 2.24) is 9.47 Å². The summed E-state index contributed by atoms with van der Waals surface area (Å²) in [4.78, 5) is 14.0. The first kappa shape index (κ1) is 17.0. The fraction of sp³-hybridized carbons (Fsp3) is 0.526. The van der Waals surface area contributed by atoms with Crippen LogP contribution in [0.15, 0.2) is 12.1 Å². The van der Waals surface area contributed by atoms with E-state index in [0.29, 0.717) is 18.7 Å². The minimum absolute atomic E-state index is 0.379. The van der Waals surface area contributed by atoms with E-state index in [1.807, 2.05) is 19.1 Å². The maximum absolute atomic E-state index is 11.5. The first-order chi connectivity index (χ1) is 11.5. The summed E-state index contributed by atoms with van der Waals surface area (Å²) in [6, 6.07) is 3.85. The van der Waals surface area contributed by atoms with Gasteiger partial charge in [-0.1, -0.05) is 0 Å². The smallest absolute Gasteiger partial charge is 0.336 e. The molecule has 0 atom stereocenters. The van der Waals surface area contributed by atoms with Crippen molar-refractivity contribution in [1.29, 1.82) is 0 Å². The summed E-state index contributed by atoms with van der Waals surface area (Å²) in [5.74, 6) is -0.869. The van der Waals surface area contributed by atoms with E-state index in [4.69, 9.17) is 5.73 Å². The monoisotopic (exact) mass is 329 g/mol. The molecule has 3 N–H and O–H groups in total. The molecule has 0 saturated carbocycles. The normalized spacial score (nSPS) is 15.5. The van der Waals surface area contributed by atoms with Crippen LogP contribution >= 0.6 is 0 Å². The van der Waals surface area contributed by atoms with Crippen molar-refractivity contribution in [2.75, 3.05) is 26.2 Å². The molecular formula is C19H27N3O2. The third-order valence-electron chi connectivity index (χ3n) is 5.26. The topological polar surface area (TPSA) is 71.5 Å². The molecule has 1 aliphatic rings. The quantitative estimate of drug-likeness (QED) is 0.854.